The summed E-state index contributed by atoms with van der Waals surface area (Å²) in [4.78, 5) is 12.8. The number of likely N-dealkylation sites (N-methyl/N-ethyl adjacent to an activating group) is 1. The van der Waals surface area contributed by atoms with Crippen molar-refractivity contribution in [3.8, 4) is 11.8 Å². The van der Waals surface area contributed by atoms with Crippen LogP contribution in [0.3, 0.4) is 0 Å². The SMILES string of the molecule is CCC(C(=O)O)N(C)Cc1ccc(C#N)c(OC)c1. The molecule has 1 aromatic rings. The largest absolute Gasteiger partial charge is 0.495 e. The Morgan fingerprint density at radius 2 is 2.26 bits per heavy atom. The molecule has 0 aliphatic heterocycles. The van der Waals surface area contributed by atoms with Gasteiger partial charge in [0.2, 0.25) is 0 Å². The van der Waals surface area contributed by atoms with Crippen LogP contribution in [-0.2, 0) is 11.3 Å². The summed E-state index contributed by atoms with van der Waals surface area (Å²) >= 11 is 0. The Balaban J connectivity index is 2.88. The lowest BCUT2D eigenvalue weighted by Crippen LogP contribution is -2.37. The number of methoxy groups -OCH3 is 1. The minimum atomic E-state index is -0.828. The number of carbonyl (C=O) groups is 1. The molecule has 0 amide bonds. The third-order valence-electron chi connectivity index (χ3n) is 3.02. The molecule has 0 saturated carbocycles. The van der Waals surface area contributed by atoms with Gasteiger partial charge in [-0.05, 0) is 31.2 Å². The van der Waals surface area contributed by atoms with Gasteiger partial charge in [-0.1, -0.05) is 13.0 Å². The highest BCUT2D eigenvalue weighted by molar-refractivity contribution is 5.73. The molecule has 5 nitrogen and oxygen atoms in total. The highest BCUT2D eigenvalue weighted by atomic mass is 16.5. The number of nitriles is 1. The van der Waals surface area contributed by atoms with Gasteiger partial charge in [0, 0.05) is 6.54 Å². The quantitative estimate of drug-likeness (QED) is 0.847. The van der Waals surface area contributed by atoms with E-state index in [-0.39, 0.29) is 0 Å². The van der Waals surface area contributed by atoms with Crippen LogP contribution in [-0.4, -0.2) is 36.2 Å². The van der Waals surface area contributed by atoms with E-state index in [2.05, 4.69) is 0 Å². The summed E-state index contributed by atoms with van der Waals surface area (Å²) in [6, 6.07) is 6.80. The lowest BCUT2D eigenvalue weighted by atomic mass is 10.1. The first-order valence-corrected chi connectivity index (χ1v) is 6.03. The van der Waals surface area contributed by atoms with Crippen LogP contribution in [0.4, 0.5) is 0 Å². The Labute approximate surface area is 113 Å². The summed E-state index contributed by atoms with van der Waals surface area (Å²) in [5, 5.41) is 18.0. The Morgan fingerprint density at radius 3 is 2.74 bits per heavy atom. The standard InChI is InChI=1S/C14H18N2O3/c1-4-12(14(17)18)16(2)9-10-5-6-11(8-15)13(7-10)19-3/h5-7,12H,4,9H2,1-3H3,(H,17,18). The zero-order chi connectivity index (χ0) is 14.4. The van der Waals surface area contributed by atoms with Crippen LogP contribution in [0.15, 0.2) is 18.2 Å². The van der Waals surface area contributed by atoms with Crippen LogP contribution in [0.1, 0.15) is 24.5 Å². The van der Waals surface area contributed by atoms with Crippen LogP contribution in [0.25, 0.3) is 0 Å². The normalized spacial score (nSPS) is 11.9. The molecule has 1 rings (SSSR count). The Kier molecular flexibility index (Phi) is 5.34. The lowest BCUT2D eigenvalue weighted by molar-refractivity contribution is -0.143. The van der Waals surface area contributed by atoms with Gasteiger partial charge in [-0.15, -0.1) is 0 Å². The van der Waals surface area contributed by atoms with Gasteiger partial charge in [0.1, 0.15) is 17.9 Å². The number of carboxylic acids is 1. The number of rotatable bonds is 6. The number of nitrogens with zero attached hydrogens (tertiary/aromatic N) is 2. The number of aliphatic carboxylic acids is 1. The molecule has 0 spiro atoms. The van der Waals surface area contributed by atoms with E-state index in [0.717, 1.165) is 5.56 Å². The van der Waals surface area contributed by atoms with E-state index in [1.165, 1.54) is 7.11 Å². The maximum Gasteiger partial charge on any atom is 0.320 e. The summed E-state index contributed by atoms with van der Waals surface area (Å²) < 4.78 is 5.14. The zero-order valence-corrected chi connectivity index (χ0v) is 11.4. The monoisotopic (exact) mass is 262 g/mol. The fourth-order valence-corrected chi connectivity index (χ4v) is 2.00. The minimum Gasteiger partial charge on any atom is -0.495 e. The molecule has 5 heteroatoms. The van der Waals surface area contributed by atoms with E-state index in [1.54, 1.807) is 24.1 Å². The number of hydrogen-bond donors (Lipinski definition) is 1. The smallest absolute Gasteiger partial charge is 0.320 e. The lowest BCUT2D eigenvalue weighted by Gasteiger charge is -2.23. The molecule has 0 saturated heterocycles. The second-order valence-electron chi connectivity index (χ2n) is 4.32. The maximum atomic E-state index is 11.1. The van der Waals surface area contributed by atoms with Crippen molar-refractivity contribution in [1.82, 2.24) is 4.90 Å². The molecule has 0 aliphatic rings. The first-order valence-electron chi connectivity index (χ1n) is 6.03. The van der Waals surface area contributed by atoms with E-state index < -0.39 is 12.0 Å². The summed E-state index contributed by atoms with van der Waals surface area (Å²) in [6.07, 6.45) is 0.541. The second kappa shape index (κ2) is 6.76. The van der Waals surface area contributed by atoms with Crippen molar-refractivity contribution in [2.24, 2.45) is 0 Å². The van der Waals surface area contributed by atoms with E-state index in [0.29, 0.717) is 24.3 Å². The van der Waals surface area contributed by atoms with Crippen LogP contribution in [0.5, 0.6) is 5.75 Å². The van der Waals surface area contributed by atoms with E-state index >= 15 is 0 Å². The Bertz CT molecular complexity index is 494. The van der Waals surface area contributed by atoms with Crippen LogP contribution >= 0.6 is 0 Å². The van der Waals surface area contributed by atoms with Crippen LogP contribution in [0.2, 0.25) is 0 Å². The average molecular weight is 262 g/mol. The first kappa shape index (κ1) is 15.0. The van der Waals surface area contributed by atoms with Gasteiger partial charge in [0.25, 0.3) is 0 Å². The minimum absolute atomic E-state index is 0.471. The number of carboxylic acid groups (broad SMARTS) is 1. The molecule has 1 aromatic carbocycles. The van der Waals surface area contributed by atoms with Crippen LogP contribution < -0.4 is 4.74 Å². The van der Waals surface area contributed by atoms with Gasteiger partial charge < -0.3 is 9.84 Å². The van der Waals surface area contributed by atoms with Crippen molar-refractivity contribution < 1.29 is 14.6 Å². The van der Waals surface area contributed by atoms with Crippen molar-refractivity contribution in [2.45, 2.75) is 25.9 Å². The molecule has 19 heavy (non-hydrogen) atoms. The van der Waals surface area contributed by atoms with Gasteiger partial charge in [0.15, 0.2) is 0 Å². The van der Waals surface area contributed by atoms with Crippen molar-refractivity contribution in [2.75, 3.05) is 14.2 Å². The highest BCUT2D eigenvalue weighted by Gasteiger charge is 2.20. The van der Waals surface area contributed by atoms with Gasteiger partial charge >= 0.3 is 5.97 Å². The molecular weight excluding hydrogens is 244 g/mol. The third-order valence-corrected chi connectivity index (χ3v) is 3.02. The van der Waals surface area contributed by atoms with E-state index in [4.69, 9.17) is 15.1 Å². The van der Waals surface area contributed by atoms with Crippen LogP contribution in [0, 0.1) is 11.3 Å². The van der Waals surface area contributed by atoms with Gasteiger partial charge in [-0.25, -0.2) is 0 Å². The molecule has 1 unspecified atom stereocenters. The van der Waals surface area contributed by atoms with Gasteiger partial charge in [-0.2, -0.15) is 5.26 Å². The molecule has 1 N–H and O–H groups in total. The number of ether oxygens (including phenoxy) is 1. The van der Waals surface area contributed by atoms with Gasteiger partial charge in [-0.3, -0.25) is 9.69 Å². The molecular formula is C14H18N2O3. The van der Waals surface area contributed by atoms with Crippen molar-refractivity contribution in [1.29, 1.82) is 5.26 Å². The van der Waals surface area contributed by atoms with Gasteiger partial charge in [0.05, 0.1) is 12.7 Å². The zero-order valence-electron chi connectivity index (χ0n) is 11.4. The molecule has 0 heterocycles. The molecule has 0 bridgehead atoms. The first-order chi connectivity index (χ1) is 9.03. The molecule has 102 valence electrons. The molecule has 0 radical (unpaired) electrons. The highest BCUT2D eigenvalue weighted by Crippen LogP contribution is 2.20. The molecule has 0 fully saturated rings. The topological polar surface area (TPSA) is 73.6 Å². The number of benzene rings is 1. The molecule has 0 aliphatic carbocycles. The predicted octanol–water partition coefficient (Wildman–Crippen LogP) is 1.86. The number of hydrogen-bond acceptors (Lipinski definition) is 4. The maximum absolute atomic E-state index is 11.1. The predicted molar refractivity (Wildman–Crippen MR) is 70.9 cm³/mol. The van der Waals surface area contributed by atoms with Crippen molar-refractivity contribution >= 4 is 5.97 Å². The summed E-state index contributed by atoms with van der Waals surface area (Å²) in [5.74, 6) is -0.317. The fraction of sp³-hybridized carbons (Fsp3) is 0.429. The summed E-state index contributed by atoms with van der Waals surface area (Å²) in [5.41, 5.74) is 1.39. The fourth-order valence-electron chi connectivity index (χ4n) is 2.00. The third kappa shape index (κ3) is 3.70. The van der Waals surface area contributed by atoms with E-state index in [9.17, 15) is 4.79 Å². The Hall–Kier alpha value is -2.06. The average Bonchev–Trinajstić information content (AvgIpc) is 2.38. The van der Waals surface area contributed by atoms with Crippen molar-refractivity contribution in [3.63, 3.8) is 0 Å². The second-order valence-corrected chi connectivity index (χ2v) is 4.32. The van der Waals surface area contributed by atoms with E-state index in [1.807, 2.05) is 19.1 Å². The molecule has 1 atom stereocenters. The summed E-state index contributed by atoms with van der Waals surface area (Å²) in [7, 11) is 3.28. The van der Waals surface area contributed by atoms with Crippen molar-refractivity contribution in [3.05, 3.63) is 29.3 Å². The summed E-state index contributed by atoms with van der Waals surface area (Å²) in [6.45, 7) is 2.33. The molecule has 0 aromatic heterocycles. The Morgan fingerprint density at radius 1 is 1.58 bits per heavy atom.